The molecule has 0 amide bonds. The molecule has 316 valence electrons. The molecule has 1 aliphatic rings. The van der Waals surface area contributed by atoms with Gasteiger partial charge in [-0.25, -0.2) is 13.8 Å². The van der Waals surface area contributed by atoms with Gasteiger partial charge in [-0.15, -0.1) is 23.8 Å². The number of hydrogen-bond donors (Lipinski definition) is 0. The summed E-state index contributed by atoms with van der Waals surface area (Å²) in [5.41, 5.74) is 3.96. The minimum atomic E-state index is -3.64. The summed E-state index contributed by atoms with van der Waals surface area (Å²) in [6.45, 7) is 13.1. The van der Waals surface area contributed by atoms with Crippen LogP contribution in [0, 0.1) is 39.6 Å². The third-order valence-corrected chi connectivity index (χ3v) is 11.9. The first-order chi connectivity index (χ1) is 34.1. The Kier molecular flexibility index (Phi) is 8.03. The molecule has 0 atom stereocenters. The van der Waals surface area contributed by atoms with Crippen LogP contribution in [0.2, 0.25) is 0 Å². The van der Waals surface area contributed by atoms with E-state index in [0.717, 1.165) is 21.9 Å². The molecule has 0 saturated carbocycles. The number of hydrogen-bond acceptors (Lipinski definition) is 3. The van der Waals surface area contributed by atoms with Gasteiger partial charge < -0.3 is 14.4 Å². The zero-order chi connectivity index (χ0) is 51.6. The van der Waals surface area contributed by atoms with Crippen LogP contribution >= 0.6 is 0 Å². The molecule has 9 aromatic rings. The van der Waals surface area contributed by atoms with Crippen molar-refractivity contribution in [2.24, 2.45) is 0 Å². The summed E-state index contributed by atoms with van der Waals surface area (Å²) < 4.78 is 125. The summed E-state index contributed by atoms with van der Waals surface area (Å²) in [4.78, 5) is 7.99. The second kappa shape index (κ2) is 16.1. The quantitative estimate of drug-likeness (QED) is 0.149. The van der Waals surface area contributed by atoms with Crippen LogP contribution in [0.3, 0.4) is 0 Å². The molecular weight excluding hydrogens is 962 g/mol. The van der Waals surface area contributed by atoms with E-state index < -0.39 is 77.5 Å². The Morgan fingerprint density at radius 3 is 1.89 bits per heavy atom. The van der Waals surface area contributed by atoms with Gasteiger partial charge in [0.1, 0.15) is 5.82 Å². The molecule has 0 aliphatic carbocycles. The molecule has 3 heterocycles. The minimum Gasteiger partial charge on any atom is -0.493 e. The van der Waals surface area contributed by atoms with Gasteiger partial charge in [0.15, 0.2) is 0 Å². The Bertz CT molecular complexity index is 3620. The van der Waals surface area contributed by atoms with Crippen molar-refractivity contribution in [2.75, 3.05) is 9.80 Å². The molecule has 2 aromatic heterocycles. The summed E-state index contributed by atoms with van der Waals surface area (Å²) in [5.74, 6) is -3.08. The molecule has 63 heavy (non-hydrogen) atoms. The van der Waals surface area contributed by atoms with Crippen molar-refractivity contribution >= 4 is 44.6 Å². The van der Waals surface area contributed by atoms with E-state index in [4.69, 9.17) is 13.2 Å². The van der Waals surface area contributed by atoms with Crippen molar-refractivity contribution in [3.8, 4) is 28.1 Å². The van der Waals surface area contributed by atoms with E-state index in [0.29, 0.717) is 39.4 Å². The van der Waals surface area contributed by atoms with Crippen molar-refractivity contribution in [2.45, 2.75) is 52.9 Å². The van der Waals surface area contributed by atoms with Gasteiger partial charge in [-0.1, -0.05) is 128 Å². The predicted molar refractivity (Wildman–Crippen MR) is 251 cm³/mol. The third kappa shape index (κ3) is 7.05. The Balaban J connectivity index is 0.00000656. The standard InChI is InChI=1S/C56H45F2N4.Pt/c1-36-37(2)52(39-18-9-7-10-19-39)54(53(38(36)3)40-20-11-8-12-21-40)61-35-60(48-26-15-16-27-49(48)61)44-23-17-22-42(32-44)56(57,58)43-28-29-46-45-24-13-14-25-47(45)62(50(46)33-43)51-34-41(30-31-59-51)55(4,5)6;/h7-31,34-35H,1-6H3;/q-3;/i7D,8D,9D,10D,11D,12D,18D,19D,20D,21D;. The molecule has 0 radical (unpaired) electrons. The third-order valence-electron chi connectivity index (χ3n) is 11.9. The second-order valence-corrected chi connectivity index (χ2v) is 16.5. The van der Waals surface area contributed by atoms with Gasteiger partial charge in [0.25, 0.3) is 5.92 Å². The van der Waals surface area contributed by atoms with Crippen LogP contribution in [-0.2, 0) is 32.4 Å². The summed E-state index contributed by atoms with van der Waals surface area (Å²) >= 11 is 0. The van der Waals surface area contributed by atoms with Gasteiger partial charge in [0.05, 0.1) is 13.7 Å². The first-order valence-electron chi connectivity index (χ1n) is 25.2. The minimum absolute atomic E-state index is 0. The number of fused-ring (bicyclic) bond motifs is 4. The fourth-order valence-electron chi connectivity index (χ4n) is 8.47. The molecular formula is C56H45F2N4Pt-3. The SMILES string of the molecule is [2H]c1c([2H])c([2H])c(-c2c(C)c(C)c(C)c(-c3c([2H])c([2H])c([2H])c([2H])c3[2H])c2N2[CH-]N(c3[c-]c(C(F)(F)c4[c-]c5c(cc4)c4ccccc4n5-c4cc(C(C)(C)C)ccn4)ccc3)c3ccccc32)c([2H])c1[2H].[Pt]. The van der Waals surface area contributed by atoms with E-state index >= 15 is 8.78 Å². The smallest absolute Gasteiger partial charge is 0.254 e. The van der Waals surface area contributed by atoms with Crippen molar-refractivity contribution in [1.29, 1.82) is 0 Å². The Hall–Kier alpha value is -6.36. The van der Waals surface area contributed by atoms with E-state index in [1.165, 1.54) is 18.2 Å². The number of alkyl halides is 2. The largest absolute Gasteiger partial charge is 0.493 e. The molecule has 0 N–H and O–H groups in total. The summed E-state index contributed by atoms with van der Waals surface area (Å²) in [5, 5.41) is 1.58. The van der Waals surface area contributed by atoms with Crippen molar-refractivity contribution in [3.63, 3.8) is 0 Å². The van der Waals surface area contributed by atoms with Crippen LogP contribution in [-0.4, -0.2) is 9.55 Å². The molecule has 7 heteroatoms. The molecule has 0 fully saturated rings. The predicted octanol–water partition coefficient (Wildman–Crippen LogP) is 14.9. The molecule has 4 nitrogen and oxygen atoms in total. The second-order valence-electron chi connectivity index (χ2n) is 16.5. The van der Waals surface area contributed by atoms with E-state index in [9.17, 15) is 5.48 Å². The molecule has 0 unspecified atom stereocenters. The van der Waals surface area contributed by atoms with E-state index in [1.54, 1.807) is 79.8 Å². The maximum absolute atomic E-state index is 17.4. The number of halogens is 2. The molecule has 0 saturated heterocycles. The van der Waals surface area contributed by atoms with Crippen LogP contribution in [0.1, 0.15) is 67.9 Å². The van der Waals surface area contributed by atoms with Gasteiger partial charge in [0.2, 0.25) is 0 Å². The monoisotopic (exact) mass is 1020 g/mol. The number of para-hydroxylation sites is 3. The first kappa shape index (κ1) is 31.5. The number of nitrogens with zero attached hydrogens (tertiary/aromatic N) is 4. The average Bonchev–Trinajstić information content (AvgIpc) is 3.92. The average molecular weight is 1020 g/mol. The van der Waals surface area contributed by atoms with E-state index in [-0.39, 0.29) is 60.1 Å². The number of anilines is 4. The van der Waals surface area contributed by atoms with E-state index in [1.807, 2.05) is 41.0 Å². The number of pyridine rings is 1. The first-order valence-corrected chi connectivity index (χ1v) is 20.2. The molecule has 1 aliphatic heterocycles. The molecule has 0 bridgehead atoms. The summed E-state index contributed by atoms with van der Waals surface area (Å²) in [6.07, 6.45) is 1.72. The normalized spacial score (nSPS) is 15.0. The van der Waals surface area contributed by atoms with Crippen LogP contribution < -0.4 is 9.80 Å². The number of rotatable bonds is 7. The van der Waals surface area contributed by atoms with E-state index in [2.05, 4.69) is 32.9 Å². The van der Waals surface area contributed by atoms with Crippen molar-refractivity contribution in [3.05, 3.63) is 210 Å². The zero-order valence-electron chi connectivity index (χ0n) is 45.2. The zero-order valence-corrected chi connectivity index (χ0v) is 37.4. The Morgan fingerprint density at radius 1 is 0.635 bits per heavy atom. The maximum atomic E-state index is 17.4. The molecule has 0 spiro atoms. The number of aromatic nitrogens is 2. The molecule has 7 aromatic carbocycles. The van der Waals surface area contributed by atoms with Crippen LogP contribution in [0.15, 0.2) is 158 Å². The molecule has 10 rings (SSSR count). The van der Waals surface area contributed by atoms with Crippen molar-refractivity contribution < 1.29 is 43.6 Å². The van der Waals surface area contributed by atoms with Gasteiger partial charge in [-0.05, 0) is 95.3 Å². The summed E-state index contributed by atoms with van der Waals surface area (Å²) in [6, 6.07) is 26.5. The van der Waals surface area contributed by atoms with Gasteiger partial charge >= 0.3 is 0 Å². The number of benzene rings is 7. The van der Waals surface area contributed by atoms with Crippen LogP contribution in [0.5, 0.6) is 0 Å². The Morgan fingerprint density at radius 2 is 1.24 bits per heavy atom. The van der Waals surface area contributed by atoms with Crippen LogP contribution in [0.4, 0.5) is 31.5 Å². The van der Waals surface area contributed by atoms with Crippen LogP contribution in [0.25, 0.3) is 49.9 Å². The maximum Gasteiger partial charge on any atom is 0.254 e. The van der Waals surface area contributed by atoms with Gasteiger partial charge in [-0.2, -0.15) is 36.4 Å². The fourth-order valence-corrected chi connectivity index (χ4v) is 8.47. The van der Waals surface area contributed by atoms with Gasteiger partial charge in [0, 0.05) is 61.0 Å². The Labute approximate surface area is 396 Å². The van der Waals surface area contributed by atoms with Gasteiger partial charge in [-0.3, -0.25) is 0 Å². The fraction of sp³-hybridized carbons (Fsp3) is 0.143. The summed E-state index contributed by atoms with van der Waals surface area (Å²) in [7, 11) is 0. The van der Waals surface area contributed by atoms with Crippen molar-refractivity contribution in [1.82, 2.24) is 9.55 Å². The topological polar surface area (TPSA) is 24.3 Å².